The molecule has 0 spiro atoms. The lowest BCUT2D eigenvalue weighted by Crippen LogP contribution is -2.14. The number of carboxylic acid groups (broad SMARTS) is 2. The summed E-state index contributed by atoms with van der Waals surface area (Å²) in [5.74, 6) is -0.884. The third-order valence-corrected chi connectivity index (χ3v) is 15.2. The molecule has 0 aliphatic rings. The highest BCUT2D eigenvalue weighted by Gasteiger charge is 2.25. The highest BCUT2D eigenvalue weighted by Crippen LogP contribution is 2.40. The maximum atomic E-state index is 11.1. The number of hydrogen-bond acceptors (Lipinski definition) is 20. The second-order valence-electron chi connectivity index (χ2n) is 21.0. The maximum absolute atomic E-state index is 11.1. The minimum absolute atomic E-state index is 0.0347. The predicted octanol–water partition coefficient (Wildman–Crippen LogP) is 12.6. The molecule has 5 N–H and O–H groups in total. The van der Waals surface area contributed by atoms with Gasteiger partial charge < -0.3 is 50.3 Å². The molecule has 0 aromatic carbocycles. The summed E-state index contributed by atoms with van der Waals surface area (Å²) in [6, 6.07) is 11.5. The molecule has 12 heterocycles. The molecule has 0 amide bonds. The number of nitrogen functional groups attached to an aromatic ring is 1. The van der Waals surface area contributed by atoms with Crippen LogP contribution in [0.15, 0.2) is 123 Å². The summed E-state index contributed by atoms with van der Waals surface area (Å²) in [5, 5.41) is 75.1. The molecular formula is C64H65BrN24O12. The zero-order valence-corrected chi connectivity index (χ0v) is 57.0. The Balaban J connectivity index is 0.000000167. The van der Waals surface area contributed by atoms with Crippen LogP contribution in [0.2, 0.25) is 0 Å². The zero-order valence-electron chi connectivity index (χ0n) is 55.4. The standard InChI is InChI=1S/C17H18N6O3.2C15H14N6O3.C15H16N6O.C2H3BrO2/c1-4-26-11(2)22-10-12(7-20-22)17-13(18-3)8-21-23-14(17)5-6-15(23)19-9-16(24)25;1-4-24-10(2)19-8-11(6-17-19)15-13(16-3)7-18-20-9-12(21(22)23)5-14(15)20;1-4-24-10(2)19-9-11(7-17-19)15-12(16-3)8-18-20-13(15)5-6-14(20)21(22)23;1-4-22-10(2)20-9-11(7-18-20)15-12(17-3)8-19-21-13(15)5-6-14(21)16;3-1-2(4)5/h5-8,10-11,19H,4,9H2,1-2H3,(H,24,25);2*5-10H,4H2,1-2H3;5-10H,4,16H2,1-2H3;1H2,(H,4,5). The second-order valence-corrected chi connectivity index (χ2v) is 21.6. The Hall–Kier alpha value is -12.8. The number of hydrogen-bond donors (Lipinski definition) is 4. The molecule has 36 nitrogen and oxygen atoms in total. The molecule has 0 radical (unpaired) electrons. The number of carboxylic acids is 2. The van der Waals surface area contributed by atoms with Crippen molar-refractivity contribution in [2.75, 3.05) is 49.4 Å². The first-order valence-corrected chi connectivity index (χ1v) is 31.7. The van der Waals surface area contributed by atoms with Crippen LogP contribution in [0, 0.1) is 46.5 Å². The fourth-order valence-electron chi connectivity index (χ4n) is 10.2. The number of nitrogens with zero attached hydrogens (tertiary/aromatic N) is 22. The summed E-state index contributed by atoms with van der Waals surface area (Å²) in [7, 11) is 0. The van der Waals surface area contributed by atoms with Crippen LogP contribution in [0.5, 0.6) is 0 Å². The van der Waals surface area contributed by atoms with Crippen LogP contribution in [0.1, 0.15) is 80.3 Å². The molecule has 0 saturated heterocycles. The van der Waals surface area contributed by atoms with Gasteiger partial charge in [-0.05, 0) is 90.6 Å². The molecule has 0 aliphatic heterocycles. The lowest BCUT2D eigenvalue weighted by molar-refractivity contribution is -0.390. The number of ether oxygens (including phenoxy) is 4. The normalized spacial score (nSPS) is 12.0. The maximum Gasteiger partial charge on any atom is 0.348 e. The topological polar surface area (TPSA) is 394 Å². The molecule has 0 bridgehead atoms. The number of rotatable bonds is 22. The van der Waals surface area contributed by atoms with Crippen molar-refractivity contribution in [3.63, 3.8) is 0 Å². The van der Waals surface area contributed by atoms with Crippen LogP contribution < -0.4 is 11.1 Å². The van der Waals surface area contributed by atoms with Gasteiger partial charge in [0.25, 0.3) is 5.69 Å². The Morgan fingerprint density at radius 2 is 0.871 bits per heavy atom. The van der Waals surface area contributed by atoms with Gasteiger partial charge in [-0.25, -0.2) is 51.7 Å². The van der Waals surface area contributed by atoms with Gasteiger partial charge in [-0.1, -0.05) is 25.5 Å². The van der Waals surface area contributed by atoms with Crippen LogP contribution in [-0.4, -0.2) is 148 Å². The first kappa shape index (κ1) is 74.0. The number of nitrogens with two attached hydrogens (primary N) is 1. The van der Waals surface area contributed by atoms with E-state index in [4.69, 9.17) is 61.2 Å². The van der Waals surface area contributed by atoms with E-state index >= 15 is 0 Å². The highest BCUT2D eigenvalue weighted by atomic mass is 79.9. The van der Waals surface area contributed by atoms with Crippen molar-refractivity contribution in [3.8, 4) is 44.5 Å². The Bertz CT molecular complexity index is 5050. The van der Waals surface area contributed by atoms with Crippen molar-refractivity contribution in [1.82, 2.24) is 77.6 Å². The number of nitrogens with one attached hydrogen (secondary N) is 1. The van der Waals surface area contributed by atoms with E-state index in [-0.39, 0.29) is 48.3 Å². The van der Waals surface area contributed by atoms with E-state index < -0.39 is 21.8 Å². The van der Waals surface area contributed by atoms with Crippen molar-refractivity contribution in [2.45, 2.75) is 80.3 Å². The monoisotopic (exact) mass is 1440 g/mol. The van der Waals surface area contributed by atoms with Gasteiger partial charge in [-0.15, -0.1) is 0 Å². The number of anilines is 2. The van der Waals surface area contributed by atoms with Crippen molar-refractivity contribution in [3.05, 3.63) is 189 Å². The number of carbonyl (C=O) groups is 2. The number of fused-ring (bicyclic) bond motifs is 4. The fraction of sp³-hybridized carbons (Fsp3) is 0.281. The van der Waals surface area contributed by atoms with Crippen LogP contribution in [0.25, 0.3) is 86.0 Å². The van der Waals surface area contributed by atoms with Gasteiger partial charge in [-0.2, -0.15) is 35.7 Å². The van der Waals surface area contributed by atoms with E-state index in [0.29, 0.717) is 105 Å². The molecule has 101 heavy (non-hydrogen) atoms. The molecule has 0 aliphatic carbocycles. The molecule has 520 valence electrons. The molecule has 4 atom stereocenters. The minimum atomic E-state index is -0.968. The van der Waals surface area contributed by atoms with Gasteiger partial charge in [0.15, 0.2) is 5.52 Å². The second kappa shape index (κ2) is 33.9. The van der Waals surface area contributed by atoms with Crippen molar-refractivity contribution in [1.29, 1.82) is 0 Å². The van der Waals surface area contributed by atoms with E-state index in [9.17, 15) is 29.8 Å². The predicted molar refractivity (Wildman–Crippen MR) is 371 cm³/mol. The van der Waals surface area contributed by atoms with Crippen LogP contribution in [0.3, 0.4) is 0 Å². The summed E-state index contributed by atoms with van der Waals surface area (Å²) in [4.78, 5) is 55.3. The number of aliphatic carboxylic acids is 2. The van der Waals surface area contributed by atoms with Gasteiger partial charge in [-0.3, -0.25) is 19.7 Å². The van der Waals surface area contributed by atoms with Crippen molar-refractivity contribution < 1.29 is 48.6 Å². The van der Waals surface area contributed by atoms with Gasteiger partial charge >= 0.3 is 17.8 Å². The van der Waals surface area contributed by atoms with E-state index in [2.05, 4.69) is 81.4 Å². The SMILES string of the molecule is O=C(O)CBr.[C-]#[N+]c1cnn2c(N)ccc2c1-c1cnn(C(C)OCC)c1.[C-]#[N+]c1cnn2c(NCC(=O)O)ccc2c1-c1cnn(C(C)OCC)c1.[C-]#[N+]c1cnn2c([N+](=O)[O-])ccc2c1-c1cnn(C(C)OCC)c1.[C-]#[N+]c1cnn2cc([N+](=O)[O-])cc2c1-c1cnn(C(C)OCC)c1. The smallest absolute Gasteiger partial charge is 0.348 e. The summed E-state index contributed by atoms with van der Waals surface area (Å²) in [6.45, 7) is 46.7. The molecule has 0 fully saturated rings. The number of aromatic nitrogens is 16. The highest BCUT2D eigenvalue weighted by molar-refractivity contribution is 9.09. The van der Waals surface area contributed by atoms with E-state index in [0.717, 1.165) is 22.2 Å². The average Bonchev–Trinajstić information content (AvgIpc) is 1.67. The third-order valence-electron chi connectivity index (χ3n) is 14.7. The number of alkyl halides is 1. The van der Waals surface area contributed by atoms with E-state index in [1.807, 2.05) is 73.8 Å². The molecule has 12 aromatic heterocycles. The molecule has 12 aromatic rings. The Morgan fingerprint density at radius 3 is 1.25 bits per heavy atom. The van der Waals surface area contributed by atoms with E-state index in [1.54, 1.807) is 89.2 Å². The lowest BCUT2D eigenvalue weighted by atomic mass is 10.1. The summed E-state index contributed by atoms with van der Waals surface area (Å²) in [5.41, 5.74) is 15.2. The number of nitro groups is 2. The Kier molecular flexibility index (Phi) is 24.9. The molecule has 4 unspecified atom stereocenters. The molecule has 12 rings (SSSR count). The average molecular weight is 1440 g/mol. The third kappa shape index (κ3) is 17.0. The Morgan fingerprint density at radius 1 is 0.515 bits per heavy atom. The summed E-state index contributed by atoms with van der Waals surface area (Å²) in [6.07, 6.45) is 20.0. The van der Waals surface area contributed by atoms with Gasteiger partial charge in [0.05, 0.1) is 97.3 Å². The van der Waals surface area contributed by atoms with Gasteiger partial charge in [0.1, 0.15) is 54.6 Å². The largest absolute Gasteiger partial charge is 0.481 e. The van der Waals surface area contributed by atoms with Gasteiger partial charge in [0, 0.05) is 108 Å². The zero-order chi connectivity index (χ0) is 73.2. The van der Waals surface area contributed by atoms with Crippen molar-refractivity contribution >= 4 is 95.8 Å². The van der Waals surface area contributed by atoms with E-state index in [1.165, 1.54) is 52.1 Å². The number of halogens is 1. The minimum Gasteiger partial charge on any atom is -0.481 e. The molecular weight excluding hydrogens is 1380 g/mol. The summed E-state index contributed by atoms with van der Waals surface area (Å²) >= 11 is 2.71. The van der Waals surface area contributed by atoms with Crippen LogP contribution in [-0.2, 0) is 28.5 Å². The van der Waals surface area contributed by atoms with Crippen molar-refractivity contribution in [2.24, 2.45) is 0 Å². The van der Waals surface area contributed by atoms with Crippen LogP contribution >= 0.6 is 15.9 Å². The lowest BCUT2D eigenvalue weighted by Gasteiger charge is -2.11. The fourth-order valence-corrected chi connectivity index (χ4v) is 10.2. The first-order chi connectivity index (χ1) is 48.6. The molecule has 0 saturated carbocycles. The first-order valence-electron chi connectivity index (χ1n) is 30.5. The summed E-state index contributed by atoms with van der Waals surface area (Å²) < 4.78 is 34.6. The van der Waals surface area contributed by atoms with Crippen LogP contribution in [0.4, 0.5) is 45.9 Å². The Labute approximate surface area is 582 Å². The van der Waals surface area contributed by atoms with Gasteiger partial charge in [0.2, 0.25) is 22.7 Å². The quantitative estimate of drug-likeness (QED) is 0.0212. The molecule has 37 heteroatoms.